The summed E-state index contributed by atoms with van der Waals surface area (Å²) < 4.78 is 0. The van der Waals surface area contributed by atoms with Crippen LogP contribution in [0.3, 0.4) is 0 Å². The summed E-state index contributed by atoms with van der Waals surface area (Å²) in [5.74, 6) is 0. The molecule has 0 amide bonds. The number of anilines is 3. The zero-order chi connectivity index (χ0) is 29.4. The molecular formula is C42H37N. The highest BCUT2D eigenvalue weighted by Gasteiger charge is 2.35. The van der Waals surface area contributed by atoms with E-state index in [1.807, 2.05) is 0 Å². The summed E-state index contributed by atoms with van der Waals surface area (Å²) >= 11 is 0. The van der Waals surface area contributed by atoms with E-state index >= 15 is 0 Å². The van der Waals surface area contributed by atoms with Crippen molar-refractivity contribution < 1.29 is 0 Å². The van der Waals surface area contributed by atoms with Gasteiger partial charge in [0, 0.05) is 22.5 Å². The molecule has 0 radical (unpaired) electrons. The molecule has 6 aromatic rings. The lowest BCUT2D eigenvalue weighted by Gasteiger charge is -2.28. The molecule has 0 spiro atoms. The molecule has 0 saturated carbocycles. The van der Waals surface area contributed by atoms with Crippen molar-refractivity contribution in [2.45, 2.75) is 39.0 Å². The lowest BCUT2D eigenvalue weighted by atomic mass is 9.82. The molecule has 7 rings (SSSR count). The largest absolute Gasteiger partial charge is 0.310 e. The first-order valence-electron chi connectivity index (χ1n) is 15.4. The van der Waals surface area contributed by atoms with Crippen LogP contribution >= 0.6 is 0 Å². The van der Waals surface area contributed by atoms with Gasteiger partial charge in [-0.15, -0.1) is 0 Å². The van der Waals surface area contributed by atoms with Crippen LogP contribution in [0.4, 0.5) is 17.1 Å². The summed E-state index contributed by atoms with van der Waals surface area (Å²) in [4.78, 5) is 2.40. The number of hydrogen-bond donors (Lipinski definition) is 0. The molecule has 0 bridgehead atoms. The highest BCUT2D eigenvalue weighted by molar-refractivity contribution is 5.86. The van der Waals surface area contributed by atoms with Gasteiger partial charge in [-0.3, -0.25) is 0 Å². The molecule has 0 N–H and O–H groups in total. The Labute approximate surface area is 256 Å². The van der Waals surface area contributed by atoms with Crippen LogP contribution < -0.4 is 4.90 Å². The topological polar surface area (TPSA) is 3.24 Å². The monoisotopic (exact) mass is 555 g/mol. The van der Waals surface area contributed by atoms with Gasteiger partial charge in [0.25, 0.3) is 0 Å². The molecule has 0 aromatic heterocycles. The highest BCUT2D eigenvalue weighted by atomic mass is 15.1. The van der Waals surface area contributed by atoms with Crippen LogP contribution in [0, 0.1) is 0 Å². The number of benzene rings is 6. The first-order valence-corrected chi connectivity index (χ1v) is 15.4. The Bertz CT molecular complexity index is 1860. The minimum atomic E-state index is -0.0473. The maximum Gasteiger partial charge on any atom is 0.0465 e. The molecular weight excluding hydrogens is 518 g/mol. The first kappa shape index (κ1) is 27.0. The zero-order valence-corrected chi connectivity index (χ0v) is 25.2. The molecule has 0 unspecified atom stereocenters. The van der Waals surface area contributed by atoms with Crippen LogP contribution in [0.1, 0.15) is 43.9 Å². The molecule has 0 saturated heterocycles. The van der Waals surface area contributed by atoms with Gasteiger partial charge in [-0.2, -0.15) is 0 Å². The third-order valence-electron chi connectivity index (χ3n) is 9.01. The van der Waals surface area contributed by atoms with Gasteiger partial charge < -0.3 is 4.90 Å². The van der Waals surface area contributed by atoms with Gasteiger partial charge in [0.2, 0.25) is 0 Å². The lowest BCUT2D eigenvalue weighted by molar-refractivity contribution is 0.660. The maximum atomic E-state index is 2.41. The second-order valence-corrected chi connectivity index (χ2v) is 12.1. The maximum absolute atomic E-state index is 2.41. The van der Waals surface area contributed by atoms with Crippen LogP contribution in [0.2, 0.25) is 0 Å². The van der Waals surface area contributed by atoms with Crippen molar-refractivity contribution in [3.63, 3.8) is 0 Å². The predicted molar refractivity (Wildman–Crippen MR) is 184 cm³/mol. The summed E-state index contributed by atoms with van der Waals surface area (Å²) in [5.41, 5.74) is 15.2. The van der Waals surface area contributed by atoms with E-state index in [-0.39, 0.29) is 5.41 Å². The Morgan fingerprint density at radius 2 is 0.953 bits per heavy atom. The molecule has 1 aliphatic carbocycles. The molecule has 43 heavy (non-hydrogen) atoms. The number of hydrogen-bond acceptors (Lipinski definition) is 1. The molecule has 210 valence electrons. The summed E-state index contributed by atoms with van der Waals surface area (Å²) in [5, 5.41) is 0. The number of nitrogens with zero attached hydrogens (tertiary/aromatic N) is 1. The third kappa shape index (κ3) is 4.96. The second kappa shape index (κ2) is 11.1. The Morgan fingerprint density at radius 1 is 0.465 bits per heavy atom. The van der Waals surface area contributed by atoms with Crippen LogP contribution in [-0.2, 0) is 11.8 Å². The Morgan fingerprint density at radius 3 is 1.58 bits per heavy atom. The van der Waals surface area contributed by atoms with Gasteiger partial charge in [0.1, 0.15) is 0 Å². The van der Waals surface area contributed by atoms with E-state index in [9.17, 15) is 0 Å². The molecule has 1 aliphatic rings. The van der Waals surface area contributed by atoms with Crippen molar-refractivity contribution in [1.29, 1.82) is 0 Å². The molecule has 0 heterocycles. The van der Waals surface area contributed by atoms with E-state index < -0.39 is 0 Å². The second-order valence-electron chi connectivity index (χ2n) is 12.1. The molecule has 1 nitrogen and oxygen atoms in total. The van der Waals surface area contributed by atoms with Crippen LogP contribution in [0.25, 0.3) is 33.4 Å². The number of rotatable bonds is 7. The zero-order valence-electron chi connectivity index (χ0n) is 25.2. The molecule has 0 atom stereocenters. The van der Waals surface area contributed by atoms with Gasteiger partial charge in [-0.25, -0.2) is 0 Å². The average molecular weight is 556 g/mol. The van der Waals surface area contributed by atoms with Gasteiger partial charge >= 0.3 is 0 Å². The standard InChI is InChI=1S/C42H37N/c1-4-10-30-15-23-35(24-16-30)43(37-27-28-39-38-13-8-9-14-40(38)42(2,3)41(39)29-37)36-25-21-34(22-26-36)33-19-17-32(18-20-33)31-11-6-5-7-12-31/h5-9,11-29H,4,10H2,1-3H3. The van der Waals surface area contributed by atoms with Crippen LogP contribution in [-0.4, -0.2) is 0 Å². The molecule has 0 fully saturated rings. The summed E-state index contributed by atoms with van der Waals surface area (Å²) in [6, 6.07) is 53.4. The highest BCUT2D eigenvalue weighted by Crippen LogP contribution is 2.50. The Hall–Kier alpha value is -4.88. The average Bonchev–Trinajstić information content (AvgIpc) is 3.29. The Balaban J connectivity index is 1.26. The van der Waals surface area contributed by atoms with Crippen LogP contribution in [0.15, 0.2) is 146 Å². The fourth-order valence-electron chi connectivity index (χ4n) is 6.67. The smallest absolute Gasteiger partial charge is 0.0465 e. The lowest BCUT2D eigenvalue weighted by Crippen LogP contribution is -2.16. The van der Waals surface area contributed by atoms with Crippen molar-refractivity contribution in [2.24, 2.45) is 0 Å². The van der Waals surface area contributed by atoms with Crippen molar-refractivity contribution in [3.05, 3.63) is 162 Å². The molecule has 1 heteroatoms. The van der Waals surface area contributed by atoms with E-state index in [0.717, 1.165) is 18.5 Å². The quantitative estimate of drug-likeness (QED) is 0.189. The van der Waals surface area contributed by atoms with Gasteiger partial charge in [0.05, 0.1) is 0 Å². The Kier molecular flexibility index (Phi) is 6.95. The van der Waals surface area contributed by atoms with E-state index in [2.05, 4.69) is 171 Å². The first-order chi connectivity index (χ1) is 21.0. The summed E-state index contributed by atoms with van der Waals surface area (Å²) in [7, 11) is 0. The fourth-order valence-corrected chi connectivity index (χ4v) is 6.67. The van der Waals surface area contributed by atoms with E-state index in [1.165, 1.54) is 61.4 Å². The van der Waals surface area contributed by atoms with Crippen molar-refractivity contribution in [1.82, 2.24) is 0 Å². The number of aryl methyl sites for hydroxylation is 1. The van der Waals surface area contributed by atoms with Gasteiger partial charge in [-0.05, 0) is 92.9 Å². The molecule has 6 aromatic carbocycles. The van der Waals surface area contributed by atoms with E-state index in [4.69, 9.17) is 0 Å². The normalized spacial score (nSPS) is 12.9. The molecule has 0 aliphatic heterocycles. The van der Waals surface area contributed by atoms with Gasteiger partial charge in [0.15, 0.2) is 0 Å². The predicted octanol–water partition coefficient (Wildman–Crippen LogP) is 11.7. The van der Waals surface area contributed by atoms with Crippen LogP contribution in [0.5, 0.6) is 0 Å². The summed E-state index contributed by atoms with van der Waals surface area (Å²) in [6.07, 6.45) is 2.25. The minimum absolute atomic E-state index is 0.0473. The van der Waals surface area contributed by atoms with Crippen molar-refractivity contribution in [2.75, 3.05) is 4.90 Å². The fraction of sp³-hybridized carbons (Fsp3) is 0.143. The summed E-state index contributed by atoms with van der Waals surface area (Å²) in [6.45, 7) is 6.94. The van der Waals surface area contributed by atoms with Crippen molar-refractivity contribution in [3.8, 4) is 33.4 Å². The SMILES string of the molecule is CCCc1ccc(N(c2ccc(-c3ccc(-c4ccccc4)cc3)cc2)c2ccc3c(c2)C(C)(C)c2ccccc2-3)cc1. The number of fused-ring (bicyclic) bond motifs is 3. The third-order valence-corrected chi connectivity index (χ3v) is 9.01. The van der Waals surface area contributed by atoms with E-state index in [1.54, 1.807) is 0 Å². The van der Waals surface area contributed by atoms with Crippen molar-refractivity contribution >= 4 is 17.1 Å². The van der Waals surface area contributed by atoms with E-state index in [0.29, 0.717) is 0 Å². The minimum Gasteiger partial charge on any atom is -0.310 e. The van der Waals surface area contributed by atoms with Gasteiger partial charge in [-0.1, -0.05) is 136 Å².